The largest absolute Gasteiger partial charge is 0.376 e. The van der Waals surface area contributed by atoms with Crippen molar-refractivity contribution < 1.29 is 9.13 Å². The molecule has 0 bridgehead atoms. The predicted octanol–water partition coefficient (Wildman–Crippen LogP) is 5.05. The van der Waals surface area contributed by atoms with Gasteiger partial charge < -0.3 is 9.72 Å². The molecule has 4 nitrogen and oxygen atoms in total. The van der Waals surface area contributed by atoms with Crippen LogP contribution in [0, 0.1) is 5.82 Å². The standard InChI is InChI=1S/C22H24FN3O/c1-4-15(2)11-19-14-25-22(26-19)12-21(27-3)17-7-5-16(6-8-17)20-10-9-18(23)13-24-20/h5-10,13-14,21H,2,4,11-12H2,1,3H3,(H,25,26). The number of nitrogens with one attached hydrogen (secondary N) is 1. The van der Waals surface area contributed by atoms with Crippen LogP contribution in [0.2, 0.25) is 0 Å². The zero-order chi connectivity index (χ0) is 19.2. The van der Waals surface area contributed by atoms with E-state index in [4.69, 9.17) is 4.74 Å². The van der Waals surface area contributed by atoms with Crippen molar-refractivity contribution >= 4 is 0 Å². The van der Waals surface area contributed by atoms with E-state index in [0.29, 0.717) is 6.42 Å². The van der Waals surface area contributed by atoms with Gasteiger partial charge in [-0.05, 0) is 24.1 Å². The maximum atomic E-state index is 13.0. The van der Waals surface area contributed by atoms with Gasteiger partial charge in [-0.15, -0.1) is 0 Å². The minimum absolute atomic E-state index is 0.103. The van der Waals surface area contributed by atoms with Crippen molar-refractivity contribution in [1.29, 1.82) is 0 Å². The molecule has 0 fully saturated rings. The first-order valence-electron chi connectivity index (χ1n) is 9.03. The molecule has 0 spiro atoms. The summed E-state index contributed by atoms with van der Waals surface area (Å²) in [6, 6.07) is 11.1. The number of imidazole rings is 1. The number of nitrogens with zero attached hydrogens (tertiary/aromatic N) is 2. The summed E-state index contributed by atoms with van der Waals surface area (Å²) >= 11 is 0. The normalized spacial score (nSPS) is 12.1. The van der Waals surface area contributed by atoms with Crippen LogP contribution in [0.1, 0.15) is 36.5 Å². The van der Waals surface area contributed by atoms with E-state index < -0.39 is 0 Å². The van der Waals surface area contributed by atoms with Crippen LogP contribution in [-0.4, -0.2) is 22.1 Å². The first kappa shape index (κ1) is 19.0. The number of allylic oxidation sites excluding steroid dienone is 1. The number of aromatic nitrogens is 3. The van der Waals surface area contributed by atoms with Crippen LogP contribution in [-0.2, 0) is 17.6 Å². The topological polar surface area (TPSA) is 50.8 Å². The monoisotopic (exact) mass is 365 g/mol. The van der Waals surface area contributed by atoms with Crippen molar-refractivity contribution in [2.75, 3.05) is 7.11 Å². The third-order valence-corrected chi connectivity index (χ3v) is 4.59. The Morgan fingerprint density at radius 1 is 1.15 bits per heavy atom. The Bertz CT molecular complexity index is 885. The highest BCUT2D eigenvalue weighted by Crippen LogP contribution is 2.24. The molecule has 1 N–H and O–H groups in total. The first-order valence-corrected chi connectivity index (χ1v) is 9.03. The Morgan fingerprint density at radius 2 is 1.93 bits per heavy atom. The number of hydrogen-bond acceptors (Lipinski definition) is 3. The summed E-state index contributed by atoms with van der Waals surface area (Å²) in [6.45, 7) is 6.14. The van der Waals surface area contributed by atoms with Crippen LogP contribution in [0.4, 0.5) is 4.39 Å². The van der Waals surface area contributed by atoms with Crippen LogP contribution in [0.3, 0.4) is 0 Å². The zero-order valence-corrected chi connectivity index (χ0v) is 15.7. The van der Waals surface area contributed by atoms with Gasteiger partial charge in [0.15, 0.2) is 0 Å². The van der Waals surface area contributed by atoms with Crippen molar-refractivity contribution in [1.82, 2.24) is 15.0 Å². The number of benzene rings is 1. The molecule has 2 heterocycles. The van der Waals surface area contributed by atoms with Gasteiger partial charge in [-0.2, -0.15) is 0 Å². The number of H-pyrrole nitrogens is 1. The van der Waals surface area contributed by atoms with Crippen LogP contribution >= 0.6 is 0 Å². The number of rotatable bonds is 8. The molecular formula is C22H24FN3O. The molecule has 0 saturated carbocycles. The predicted molar refractivity (Wildman–Crippen MR) is 105 cm³/mol. The second-order valence-corrected chi connectivity index (χ2v) is 6.55. The zero-order valence-electron chi connectivity index (χ0n) is 15.7. The molecule has 1 atom stereocenters. The lowest BCUT2D eigenvalue weighted by molar-refractivity contribution is 0.102. The molecule has 2 aromatic heterocycles. The number of aromatic amines is 1. The fourth-order valence-corrected chi connectivity index (χ4v) is 2.92. The summed E-state index contributed by atoms with van der Waals surface area (Å²) in [5.41, 5.74) is 4.98. The third kappa shape index (κ3) is 4.89. The number of ether oxygens (including phenoxy) is 1. The average molecular weight is 365 g/mol. The Labute approximate surface area is 159 Å². The number of pyridine rings is 1. The highest BCUT2D eigenvalue weighted by Gasteiger charge is 2.14. The van der Waals surface area contributed by atoms with Gasteiger partial charge in [0.2, 0.25) is 0 Å². The van der Waals surface area contributed by atoms with Gasteiger partial charge in [-0.25, -0.2) is 9.37 Å². The van der Waals surface area contributed by atoms with E-state index >= 15 is 0 Å². The molecule has 1 aromatic carbocycles. The number of methoxy groups -OCH3 is 1. The van der Waals surface area contributed by atoms with Gasteiger partial charge in [-0.3, -0.25) is 4.98 Å². The second kappa shape index (κ2) is 8.73. The minimum Gasteiger partial charge on any atom is -0.376 e. The van der Waals surface area contributed by atoms with Gasteiger partial charge in [0, 0.05) is 37.4 Å². The molecule has 1 unspecified atom stereocenters. The quantitative estimate of drug-likeness (QED) is 0.568. The molecule has 0 saturated heterocycles. The van der Waals surface area contributed by atoms with Crippen molar-refractivity contribution in [2.45, 2.75) is 32.3 Å². The van der Waals surface area contributed by atoms with E-state index in [-0.39, 0.29) is 11.9 Å². The summed E-state index contributed by atoms with van der Waals surface area (Å²) in [6.07, 6.45) is 5.43. The first-order chi connectivity index (χ1) is 13.1. The second-order valence-electron chi connectivity index (χ2n) is 6.55. The Morgan fingerprint density at radius 3 is 2.56 bits per heavy atom. The van der Waals surface area contributed by atoms with E-state index in [2.05, 4.69) is 28.5 Å². The Kier molecular flexibility index (Phi) is 6.14. The number of halogens is 1. The van der Waals surface area contributed by atoms with Crippen LogP contribution in [0.5, 0.6) is 0 Å². The van der Waals surface area contributed by atoms with Crippen molar-refractivity contribution in [3.05, 3.63) is 83.8 Å². The van der Waals surface area contributed by atoms with Gasteiger partial charge >= 0.3 is 0 Å². The Balaban J connectivity index is 1.70. The third-order valence-electron chi connectivity index (χ3n) is 4.59. The lowest BCUT2D eigenvalue weighted by Gasteiger charge is -2.15. The lowest BCUT2D eigenvalue weighted by Crippen LogP contribution is -2.06. The van der Waals surface area contributed by atoms with Gasteiger partial charge in [0.25, 0.3) is 0 Å². The minimum atomic E-state index is -0.338. The van der Waals surface area contributed by atoms with Crippen molar-refractivity contribution in [2.24, 2.45) is 0 Å². The van der Waals surface area contributed by atoms with Gasteiger partial charge in [0.1, 0.15) is 11.6 Å². The van der Waals surface area contributed by atoms with E-state index in [1.807, 2.05) is 30.5 Å². The molecule has 0 aliphatic carbocycles. The van der Waals surface area contributed by atoms with E-state index in [0.717, 1.165) is 41.2 Å². The fraction of sp³-hybridized carbons (Fsp3) is 0.273. The molecule has 0 aliphatic heterocycles. The molecule has 0 aliphatic rings. The summed E-state index contributed by atoms with van der Waals surface area (Å²) < 4.78 is 18.7. The highest BCUT2D eigenvalue weighted by atomic mass is 19.1. The van der Waals surface area contributed by atoms with Crippen molar-refractivity contribution in [3.8, 4) is 11.3 Å². The van der Waals surface area contributed by atoms with Gasteiger partial charge in [-0.1, -0.05) is 43.3 Å². The summed E-state index contributed by atoms with van der Waals surface area (Å²) in [5, 5.41) is 0. The SMILES string of the molecule is C=C(CC)Cc1cnc(CC(OC)c2ccc(-c3ccc(F)cn3)cc2)[nH]1. The average Bonchev–Trinajstić information content (AvgIpc) is 3.13. The fourth-order valence-electron chi connectivity index (χ4n) is 2.92. The molecule has 3 aromatic rings. The van der Waals surface area contributed by atoms with Crippen LogP contribution in [0.15, 0.2) is 60.9 Å². The van der Waals surface area contributed by atoms with Crippen LogP contribution in [0.25, 0.3) is 11.3 Å². The summed E-state index contributed by atoms with van der Waals surface area (Å²) in [5.74, 6) is 0.556. The summed E-state index contributed by atoms with van der Waals surface area (Å²) in [4.78, 5) is 11.9. The molecule has 0 amide bonds. The van der Waals surface area contributed by atoms with E-state index in [9.17, 15) is 4.39 Å². The van der Waals surface area contributed by atoms with E-state index in [1.165, 1.54) is 17.8 Å². The summed E-state index contributed by atoms with van der Waals surface area (Å²) in [7, 11) is 1.70. The Hall–Kier alpha value is -2.79. The molecule has 5 heteroatoms. The maximum Gasteiger partial charge on any atom is 0.141 e. The molecule has 140 valence electrons. The molecule has 0 radical (unpaired) electrons. The smallest absolute Gasteiger partial charge is 0.141 e. The highest BCUT2D eigenvalue weighted by molar-refractivity contribution is 5.59. The molecule has 27 heavy (non-hydrogen) atoms. The van der Waals surface area contributed by atoms with E-state index in [1.54, 1.807) is 13.2 Å². The van der Waals surface area contributed by atoms with Crippen LogP contribution < -0.4 is 0 Å². The molecular weight excluding hydrogens is 341 g/mol. The van der Waals surface area contributed by atoms with Gasteiger partial charge in [0.05, 0.1) is 18.0 Å². The maximum absolute atomic E-state index is 13.0. The number of hydrogen-bond donors (Lipinski definition) is 1. The molecule has 3 rings (SSSR count). The van der Waals surface area contributed by atoms with Crippen molar-refractivity contribution in [3.63, 3.8) is 0 Å². The lowest BCUT2D eigenvalue weighted by atomic mass is 10.0.